The zero-order chi connectivity index (χ0) is 24.4. The molecule has 0 saturated carbocycles. The highest BCUT2D eigenvalue weighted by molar-refractivity contribution is 5.94. The second-order valence-electron chi connectivity index (χ2n) is 9.78. The molecule has 0 unspecified atom stereocenters. The number of aryl methyl sites for hydroxylation is 1. The first-order valence-electron chi connectivity index (χ1n) is 12.5. The molecule has 7 nitrogen and oxygen atoms in total. The van der Waals surface area contributed by atoms with Crippen LogP contribution in [0.1, 0.15) is 51.3 Å². The molecule has 0 bridgehead atoms. The van der Waals surface area contributed by atoms with Gasteiger partial charge in [0.2, 0.25) is 0 Å². The van der Waals surface area contributed by atoms with E-state index in [9.17, 15) is 9.90 Å². The largest absolute Gasteiger partial charge is 0.497 e. The van der Waals surface area contributed by atoms with Crippen LogP contribution in [0.4, 0.5) is 0 Å². The molecule has 3 heterocycles. The Morgan fingerprint density at radius 2 is 1.91 bits per heavy atom. The van der Waals surface area contributed by atoms with E-state index >= 15 is 0 Å². The lowest BCUT2D eigenvalue weighted by molar-refractivity contribution is 0.0466. The van der Waals surface area contributed by atoms with Crippen molar-refractivity contribution in [2.24, 2.45) is 0 Å². The van der Waals surface area contributed by atoms with E-state index in [1.54, 1.807) is 12.0 Å². The monoisotopic (exact) mass is 474 g/mol. The van der Waals surface area contributed by atoms with E-state index in [4.69, 9.17) is 9.84 Å². The van der Waals surface area contributed by atoms with E-state index in [-0.39, 0.29) is 5.91 Å². The molecule has 35 heavy (non-hydrogen) atoms. The number of piperidine rings is 1. The summed E-state index contributed by atoms with van der Waals surface area (Å²) < 4.78 is 7.40. The molecule has 7 heteroatoms. The molecule has 0 aliphatic carbocycles. The molecule has 2 aliphatic heterocycles. The molecular weight excluding hydrogens is 440 g/mol. The first-order valence-corrected chi connectivity index (χ1v) is 12.5. The molecule has 1 atom stereocenters. The Balaban J connectivity index is 1.45. The van der Waals surface area contributed by atoms with Gasteiger partial charge >= 0.3 is 0 Å². The number of benzene rings is 2. The lowest BCUT2D eigenvalue weighted by atomic mass is 10.0. The van der Waals surface area contributed by atoms with Gasteiger partial charge in [-0.1, -0.05) is 42.0 Å². The smallest absolute Gasteiger partial charge is 0.274 e. The summed E-state index contributed by atoms with van der Waals surface area (Å²) >= 11 is 0. The zero-order valence-corrected chi connectivity index (χ0v) is 20.6. The molecule has 1 aromatic heterocycles. The van der Waals surface area contributed by atoms with Gasteiger partial charge < -0.3 is 14.7 Å². The Morgan fingerprint density at radius 3 is 2.69 bits per heavy atom. The number of carbonyl (C=O) groups excluding carboxylic acids is 1. The second-order valence-corrected chi connectivity index (χ2v) is 9.78. The SMILES string of the molecule is COc1cccc(Cn2nc(C(=O)N3CCC[C@@H](O)C3)c3c2CCN(Cc2cccc(C)c2)C3)c1. The summed E-state index contributed by atoms with van der Waals surface area (Å²) in [4.78, 5) is 17.8. The number of rotatable bonds is 6. The molecule has 1 saturated heterocycles. The highest BCUT2D eigenvalue weighted by atomic mass is 16.5. The number of β-amino-alcohol motifs (C(OH)–C–C–N with tert-alkyl or cyclic N) is 1. The minimum absolute atomic E-state index is 0.0678. The Bertz CT molecular complexity index is 1200. The standard InChI is InChI=1S/C28H34N4O3/c1-20-6-3-7-21(14-20)16-30-13-11-26-25(19-30)27(28(34)31-12-5-9-23(33)18-31)29-32(26)17-22-8-4-10-24(15-22)35-2/h3-4,6-8,10,14-15,23,33H,5,9,11-13,16-19H2,1-2H3/t23-/m1/s1. The highest BCUT2D eigenvalue weighted by Crippen LogP contribution is 2.27. The molecule has 2 aliphatic rings. The first kappa shape index (κ1) is 23.6. The number of likely N-dealkylation sites (tertiary alicyclic amines) is 1. The summed E-state index contributed by atoms with van der Waals surface area (Å²) in [7, 11) is 1.67. The molecule has 0 spiro atoms. The van der Waals surface area contributed by atoms with E-state index in [1.165, 1.54) is 11.1 Å². The molecule has 0 radical (unpaired) electrons. The van der Waals surface area contributed by atoms with Crippen LogP contribution in [0.5, 0.6) is 5.75 Å². The average molecular weight is 475 g/mol. The van der Waals surface area contributed by atoms with E-state index in [0.29, 0.717) is 31.9 Å². The maximum atomic E-state index is 13.6. The highest BCUT2D eigenvalue weighted by Gasteiger charge is 2.32. The lowest BCUT2D eigenvalue weighted by Crippen LogP contribution is -2.43. The molecule has 5 rings (SSSR count). The maximum Gasteiger partial charge on any atom is 0.274 e. The molecule has 2 aromatic carbocycles. The van der Waals surface area contributed by atoms with Crippen LogP contribution in [0.2, 0.25) is 0 Å². The zero-order valence-electron chi connectivity index (χ0n) is 20.6. The van der Waals surface area contributed by atoms with Crippen LogP contribution >= 0.6 is 0 Å². The van der Waals surface area contributed by atoms with Crippen molar-refractivity contribution in [3.63, 3.8) is 0 Å². The predicted octanol–water partition coefficient (Wildman–Crippen LogP) is 3.40. The summed E-state index contributed by atoms with van der Waals surface area (Å²) in [6.07, 6.45) is 1.95. The van der Waals surface area contributed by atoms with Crippen molar-refractivity contribution in [2.75, 3.05) is 26.7 Å². The molecule has 1 amide bonds. The Hall–Kier alpha value is -3.16. The number of aliphatic hydroxyl groups excluding tert-OH is 1. The van der Waals surface area contributed by atoms with Crippen molar-refractivity contribution in [2.45, 2.75) is 51.9 Å². The van der Waals surface area contributed by atoms with Gasteiger partial charge in [-0.25, -0.2) is 0 Å². The number of fused-ring (bicyclic) bond motifs is 1. The van der Waals surface area contributed by atoms with Crippen molar-refractivity contribution >= 4 is 5.91 Å². The van der Waals surface area contributed by atoms with E-state index in [1.807, 2.05) is 22.9 Å². The number of ether oxygens (including phenoxy) is 1. The maximum absolute atomic E-state index is 13.6. The van der Waals surface area contributed by atoms with Gasteiger partial charge in [0.1, 0.15) is 5.75 Å². The van der Waals surface area contributed by atoms with Gasteiger partial charge in [-0.3, -0.25) is 14.4 Å². The van der Waals surface area contributed by atoms with Gasteiger partial charge in [0.05, 0.1) is 19.8 Å². The molecule has 3 aromatic rings. The third kappa shape index (κ3) is 5.26. The summed E-state index contributed by atoms with van der Waals surface area (Å²) in [5, 5.41) is 15.0. The minimum atomic E-state index is -0.458. The van der Waals surface area contributed by atoms with Gasteiger partial charge in [0.15, 0.2) is 5.69 Å². The third-order valence-electron chi connectivity index (χ3n) is 7.05. The molecule has 1 fully saturated rings. The summed E-state index contributed by atoms with van der Waals surface area (Å²) in [5.74, 6) is 0.744. The Labute approximate surface area is 206 Å². The number of aliphatic hydroxyl groups is 1. The van der Waals surface area contributed by atoms with Crippen LogP contribution in [-0.4, -0.2) is 63.4 Å². The van der Waals surface area contributed by atoms with Crippen LogP contribution in [-0.2, 0) is 26.1 Å². The molecular formula is C28H34N4O3. The summed E-state index contributed by atoms with van der Waals surface area (Å²) in [6.45, 7) is 6.21. The number of carbonyl (C=O) groups is 1. The normalized spacial score (nSPS) is 18.4. The van der Waals surface area contributed by atoms with E-state index in [0.717, 1.165) is 54.9 Å². The Morgan fingerprint density at radius 1 is 1.11 bits per heavy atom. The predicted molar refractivity (Wildman–Crippen MR) is 134 cm³/mol. The van der Waals surface area contributed by atoms with Crippen LogP contribution in [0.3, 0.4) is 0 Å². The first-order chi connectivity index (χ1) is 17.0. The number of aromatic nitrogens is 2. The van der Waals surface area contributed by atoms with Crippen LogP contribution in [0, 0.1) is 6.92 Å². The number of hydrogen-bond donors (Lipinski definition) is 1. The number of methoxy groups -OCH3 is 1. The van der Waals surface area contributed by atoms with Crippen LogP contribution in [0.15, 0.2) is 48.5 Å². The minimum Gasteiger partial charge on any atom is -0.497 e. The lowest BCUT2D eigenvalue weighted by Gasteiger charge is -2.31. The van der Waals surface area contributed by atoms with Gasteiger partial charge in [-0.05, 0) is 43.0 Å². The van der Waals surface area contributed by atoms with Crippen LogP contribution < -0.4 is 4.74 Å². The topological polar surface area (TPSA) is 70.8 Å². The van der Waals surface area contributed by atoms with Gasteiger partial charge in [0, 0.05) is 50.4 Å². The van der Waals surface area contributed by atoms with Gasteiger partial charge in [-0.2, -0.15) is 5.10 Å². The number of hydrogen-bond acceptors (Lipinski definition) is 5. The third-order valence-corrected chi connectivity index (χ3v) is 7.05. The number of amides is 1. The fourth-order valence-electron chi connectivity index (χ4n) is 5.29. The van der Waals surface area contributed by atoms with Crippen molar-refractivity contribution in [3.8, 4) is 5.75 Å². The van der Waals surface area contributed by atoms with E-state index < -0.39 is 6.10 Å². The average Bonchev–Trinajstić information content (AvgIpc) is 3.21. The number of nitrogens with zero attached hydrogens (tertiary/aromatic N) is 4. The van der Waals surface area contributed by atoms with Gasteiger partial charge in [0.25, 0.3) is 5.91 Å². The van der Waals surface area contributed by atoms with Crippen molar-refractivity contribution < 1.29 is 14.6 Å². The summed E-state index contributed by atoms with van der Waals surface area (Å²) in [5.41, 5.74) is 6.32. The molecule has 1 N–H and O–H groups in total. The summed E-state index contributed by atoms with van der Waals surface area (Å²) in [6, 6.07) is 16.6. The Kier molecular flexibility index (Phi) is 6.88. The van der Waals surface area contributed by atoms with Gasteiger partial charge in [-0.15, -0.1) is 0 Å². The quantitative estimate of drug-likeness (QED) is 0.593. The second kappa shape index (κ2) is 10.2. The molecule has 184 valence electrons. The fourth-order valence-corrected chi connectivity index (χ4v) is 5.29. The van der Waals surface area contributed by atoms with Crippen molar-refractivity contribution in [1.29, 1.82) is 0 Å². The van der Waals surface area contributed by atoms with E-state index in [2.05, 4.69) is 42.2 Å². The van der Waals surface area contributed by atoms with Crippen LogP contribution in [0.25, 0.3) is 0 Å². The van der Waals surface area contributed by atoms with Crippen molar-refractivity contribution in [1.82, 2.24) is 19.6 Å². The fraction of sp³-hybridized carbons (Fsp3) is 0.429. The van der Waals surface area contributed by atoms with Crippen molar-refractivity contribution in [3.05, 3.63) is 82.2 Å².